The maximum atomic E-state index is 9.43. The molecule has 0 bridgehead atoms. The Labute approximate surface area is 106 Å². The molecule has 98 valence electrons. The Balaban J connectivity index is 2.31. The summed E-state index contributed by atoms with van der Waals surface area (Å²) in [5, 5.41) is 12.8. The minimum absolute atomic E-state index is 0.242. The van der Waals surface area contributed by atoms with Gasteiger partial charge in [-0.3, -0.25) is 4.90 Å². The first kappa shape index (κ1) is 14.5. The van der Waals surface area contributed by atoms with Crippen LogP contribution >= 0.6 is 0 Å². The third kappa shape index (κ3) is 4.65. The van der Waals surface area contributed by atoms with Crippen molar-refractivity contribution < 1.29 is 0 Å². The quantitative estimate of drug-likeness (QED) is 0.692. The number of unbranched alkanes of at least 4 members (excludes halogenated alkanes) is 4. The fraction of sp³-hybridized carbons (Fsp3) is 0.929. The zero-order valence-electron chi connectivity index (χ0n) is 11.5. The number of nitrogens with zero attached hydrogens (tertiary/aromatic N) is 2. The smallest absolute Gasteiger partial charge is 0.106 e. The Morgan fingerprint density at radius 2 is 1.82 bits per heavy atom. The van der Waals surface area contributed by atoms with Crippen LogP contribution in [-0.2, 0) is 0 Å². The summed E-state index contributed by atoms with van der Waals surface area (Å²) >= 11 is 0. The minimum atomic E-state index is -0.242. The summed E-state index contributed by atoms with van der Waals surface area (Å²) in [6.45, 7) is 8.41. The molecule has 1 heterocycles. The van der Waals surface area contributed by atoms with E-state index >= 15 is 0 Å². The second kappa shape index (κ2) is 7.68. The number of piperazine rings is 1. The molecule has 0 aromatic carbocycles. The highest BCUT2D eigenvalue weighted by Gasteiger charge is 2.31. The van der Waals surface area contributed by atoms with E-state index in [0.29, 0.717) is 0 Å². The molecule has 0 aliphatic carbocycles. The van der Waals surface area contributed by atoms with E-state index in [9.17, 15) is 5.26 Å². The van der Waals surface area contributed by atoms with Crippen molar-refractivity contribution in [1.29, 1.82) is 5.26 Å². The van der Waals surface area contributed by atoms with Crippen LogP contribution in [0.25, 0.3) is 0 Å². The van der Waals surface area contributed by atoms with Gasteiger partial charge in [0.15, 0.2) is 0 Å². The van der Waals surface area contributed by atoms with Gasteiger partial charge in [0.05, 0.1) is 6.07 Å². The third-order valence-electron chi connectivity index (χ3n) is 3.82. The van der Waals surface area contributed by atoms with Crippen molar-refractivity contribution in [2.75, 3.05) is 26.2 Å². The van der Waals surface area contributed by atoms with E-state index in [0.717, 1.165) is 32.6 Å². The molecule has 3 nitrogen and oxygen atoms in total. The largest absolute Gasteiger partial charge is 0.314 e. The fourth-order valence-corrected chi connectivity index (χ4v) is 2.52. The van der Waals surface area contributed by atoms with Crippen LogP contribution in [0.5, 0.6) is 0 Å². The molecule has 1 saturated heterocycles. The predicted molar refractivity (Wildman–Crippen MR) is 71.8 cm³/mol. The van der Waals surface area contributed by atoms with Gasteiger partial charge in [0, 0.05) is 26.2 Å². The van der Waals surface area contributed by atoms with Gasteiger partial charge in [-0.05, 0) is 13.3 Å². The third-order valence-corrected chi connectivity index (χ3v) is 3.82. The predicted octanol–water partition coefficient (Wildman–Crippen LogP) is 2.53. The normalized spacial score (nSPS) is 20.8. The van der Waals surface area contributed by atoms with E-state index in [2.05, 4.69) is 30.1 Å². The van der Waals surface area contributed by atoms with E-state index in [1.54, 1.807) is 0 Å². The van der Waals surface area contributed by atoms with Crippen LogP contribution in [0.3, 0.4) is 0 Å². The molecule has 17 heavy (non-hydrogen) atoms. The highest BCUT2D eigenvalue weighted by Crippen LogP contribution is 2.22. The SMILES string of the molecule is CCCCCCCC(C)(C#N)N1CCNCC1. The molecule has 0 aromatic heterocycles. The molecule has 0 aromatic rings. The Hall–Kier alpha value is -0.590. The average molecular weight is 237 g/mol. The van der Waals surface area contributed by atoms with Crippen molar-refractivity contribution in [2.45, 2.75) is 57.9 Å². The summed E-state index contributed by atoms with van der Waals surface area (Å²) in [4.78, 5) is 2.35. The lowest BCUT2D eigenvalue weighted by molar-refractivity contribution is 0.122. The molecule has 1 fully saturated rings. The van der Waals surface area contributed by atoms with Crippen LogP contribution < -0.4 is 5.32 Å². The topological polar surface area (TPSA) is 39.1 Å². The van der Waals surface area contributed by atoms with Gasteiger partial charge in [0.25, 0.3) is 0 Å². The maximum Gasteiger partial charge on any atom is 0.106 e. The Bertz CT molecular complexity index is 240. The summed E-state index contributed by atoms with van der Waals surface area (Å²) < 4.78 is 0. The highest BCUT2D eigenvalue weighted by molar-refractivity contribution is 5.05. The summed E-state index contributed by atoms with van der Waals surface area (Å²) in [5.74, 6) is 0. The van der Waals surface area contributed by atoms with Crippen molar-refractivity contribution in [1.82, 2.24) is 10.2 Å². The number of nitrogens with one attached hydrogen (secondary N) is 1. The van der Waals surface area contributed by atoms with Crippen LogP contribution in [0.2, 0.25) is 0 Å². The van der Waals surface area contributed by atoms with Crippen LogP contribution in [-0.4, -0.2) is 36.6 Å². The van der Waals surface area contributed by atoms with E-state index in [1.165, 1.54) is 32.1 Å². The van der Waals surface area contributed by atoms with Crippen molar-refractivity contribution in [3.8, 4) is 6.07 Å². The van der Waals surface area contributed by atoms with Gasteiger partial charge in [-0.1, -0.05) is 39.0 Å². The van der Waals surface area contributed by atoms with E-state index in [-0.39, 0.29) is 5.54 Å². The standard InChI is InChI=1S/C14H27N3/c1-3-4-5-6-7-8-14(2,13-15)17-11-9-16-10-12-17/h16H,3-12H2,1-2H3. The Kier molecular flexibility index (Phi) is 6.54. The molecule has 1 rings (SSSR count). The molecule has 1 N–H and O–H groups in total. The van der Waals surface area contributed by atoms with Gasteiger partial charge in [0.2, 0.25) is 0 Å². The molecule has 1 aliphatic heterocycles. The van der Waals surface area contributed by atoms with Crippen LogP contribution in [0.4, 0.5) is 0 Å². The van der Waals surface area contributed by atoms with Gasteiger partial charge in [-0.2, -0.15) is 5.26 Å². The highest BCUT2D eigenvalue weighted by atomic mass is 15.2. The summed E-state index contributed by atoms with van der Waals surface area (Å²) in [5.41, 5.74) is -0.242. The van der Waals surface area contributed by atoms with Gasteiger partial charge < -0.3 is 5.32 Å². The first-order valence-electron chi connectivity index (χ1n) is 7.10. The van der Waals surface area contributed by atoms with Crippen molar-refractivity contribution in [3.63, 3.8) is 0 Å². The molecule has 1 aliphatic rings. The van der Waals surface area contributed by atoms with Gasteiger partial charge in [-0.15, -0.1) is 0 Å². The minimum Gasteiger partial charge on any atom is -0.314 e. The fourth-order valence-electron chi connectivity index (χ4n) is 2.52. The lowest BCUT2D eigenvalue weighted by atomic mass is 9.93. The number of hydrogen-bond acceptors (Lipinski definition) is 3. The van der Waals surface area contributed by atoms with Crippen LogP contribution in [0.1, 0.15) is 52.4 Å². The zero-order chi connectivity index (χ0) is 12.6. The molecule has 0 saturated carbocycles. The second-order valence-corrected chi connectivity index (χ2v) is 5.29. The first-order valence-corrected chi connectivity index (χ1v) is 7.10. The number of hydrogen-bond donors (Lipinski definition) is 1. The first-order chi connectivity index (χ1) is 8.23. The molecular formula is C14H27N3. The van der Waals surface area contributed by atoms with E-state index < -0.39 is 0 Å². The summed E-state index contributed by atoms with van der Waals surface area (Å²) in [6.07, 6.45) is 7.42. The van der Waals surface area contributed by atoms with Gasteiger partial charge >= 0.3 is 0 Å². The van der Waals surface area contributed by atoms with E-state index in [4.69, 9.17) is 0 Å². The molecule has 0 radical (unpaired) electrons. The Morgan fingerprint density at radius 3 is 2.41 bits per heavy atom. The molecule has 0 spiro atoms. The monoisotopic (exact) mass is 237 g/mol. The number of rotatable bonds is 7. The van der Waals surface area contributed by atoms with E-state index in [1.807, 2.05) is 0 Å². The molecule has 0 amide bonds. The van der Waals surface area contributed by atoms with Crippen molar-refractivity contribution >= 4 is 0 Å². The lowest BCUT2D eigenvalue weighted by Crippen LogP contribution is -2.54. The summed E-state index contributed by atoms with van der Waals surface area (Å²) in [7, 11) is 0. The van der Waals surface area contributed by atoms with Crippen molar-refractivity contribution in [2.24, 2.45) is 0 Å². The average Bonchev–Trinajstić information content (AvgIpc) is 2.39. The number of nitriles is 1. The van der Waals surface area contributed by atoms with Crippen molar-refractivity contribution in [3.05, 3.63) is 0 Å². The lowest BCUT2D eigenvalue weighted by Gasteiger charge is -2.38. The summed E-state index contributed by atoms with van der Waals surface area (Å²) in [6, 6.07) is 2.54. The Morgan fingerprint density at radius 1 is 1.18 bits per heavy atom. The van der Waals surface area contributed by atoms with Crippen LogP contribution in [0, 0.1) is 11.3 Å². The molecule has 3 heteroatoms. The zero-order valence-corrected chi connectivity index (χ0v) is 11.5. The van der Waals surface area contributed by atoms with Gasteiger partial charge in [0.1, 0.15) is 5.54 Å². The van der Waals surface area contributed by atoms with Gasteiger partial charge in [-0.25, -0.2) is 0 Å². The molecule has 1 atom stereocenters. The molecule has 1 unspecified atom stereocenters. The molecular weight excluding hydrogens is 210 g/mol. The second-order valence-electron chi connectivity index (χ2n) is 5.29. The maximum absolute atomic E-state index is 9.43. The van der Waals surface area contributed by atoms with Crippen LogP contribution in [0.15, 0.2) is 0 Å².